The van der Waals surface area contributed by atoms with E-state index in [-0.39, 0.29) is 36.2 Å². The SMILES string of the molecule is CCC(CC#N)NC(=O)Cc1ccc([N+](=O)[O-])c(N)c1. The van der Waals surface area contributed by atoms with Crippen molar-refractivity contribution in [3.63, 3.8) is 0 Å². The molecule has 7 heteroatoms. The fourth-order valence-corrected chi connectivity index (χ4v) is 1.75. The number of benzene rings is 1. The van der Waals surface area contributed by atoms with E-state index in [1.165, 1.54) is 18.2 Å². The normalized spacial score (nSPS) is 11.4. The summed E-state index contributed by atoms with van der Waals surface area (Å²) >= 11 is 0. The van der Waals surface area contributed by atoms with Crippen molar-refractivity contribution in [1.82, 2.24) is 5.32 Å². The van der Waals surface area contributed by atoms with Gasteiger partial charge in [-0.2, -0.15) is 5.26 Å². The van der Waals surface area contributed by atoms with Crippen molar-refractivity contribution in [2.45, 2.75) is 32.2 Å². The van der Waals surface area contributed by atoms with Gasteiger partial charge in [-0.15, -0.1) is 0 Å². The number of nitro benzene ring substituents is 1. The molecule has 1 aromatic carbocycles. The number of nitrogen functional groups attached to an aromatic ring is 1. The average Bonchev–Trinajstić information content (AvgIpc) is 2.37. The lowest BCUT2D eigenvalue weighted by molar-refractivity contribution is -0.383. The predicted octanol–water partition coefficient (Wildman–Crippen LogP) is 1.53. The summed E-state index contributed by atoms with van der Waals surface area (Å²) in [6, 6.07) is 6.03. The summed E-state index contributed by atoms with van der Waals surface area (Å²) in [5, 5.41) is 22.0. The number of amides is 1. The quantitative estimate of drug-likeness (QED) is 0.463. The van der Waals surface area contributed by atoms with Crippen LogP contribution in [0.4, 0.5) is 11.4 Å². The van der Waals surface area contributed by atoms with Crippen LogP contribution in [0.25, 0.3) is 0 Å². The molecule has 1 aromatic rings. The van der Waals surface area contributed by atoms with Gasteiger partial charge in [0.15, 0.2) is 0 Å². The van der Waals surface area contributed by atoms with E-state index in [1.54, 1.807) is 0 Å². The number of anilines is 1. The molecule has 0 aliphatic heterocycles. The van der Waals surface area contributed by atoms with E-state index in [9.17, 15) is 14.9 Å². The van der Waals surface area contributed by atoms with Crippen LogP contribution in [0.1, 0.15) is 25.3 Å². The number of rotatable bonds is 6. The van der Waals surface area contributed by atoms with Gasteiger partial charge in [-0.1, -0.05) is 13.0 Å². The Balaban J connectivity index is 2.69. The Morgan fingerprint density at radius 2 is 2.30 bits per heavy atom. The molecule has 0 bridgehead atoms. The molecule has 0 fully saturated rings. The first-order valence-electron chi connectivity index (χ1n) is 6.17. The van der Waals surface area contributed by atoms with E-state index in [0.29, 0.717) is 12.0 Å². The highest BCUT2D eigenvalue weighted by Gasteiger charge is 2.14. The maximum absolute atomic E-state index is 11.8. The Morgan fingerprint density at radius 1 is 1.60 bits per heavy atom. The van der Waals surface area contributed by atoms with Crippen LogP contribution in [-0.2, 0) is 11.2 Å². The summed E-state index contributed by atoms with van der Waals surface area (Å²) in [5.74, 6) is -0.236. The summed E-state index contributed by atoms with van der Waals surface area (Å²) in [5.41, 5.74) is 6.01. The third-order valence-electron chi connectivity index (χ3n) is 2.85. The number of nitrogens with zero attached hydrogens (tertiary/aromatic N) is 2. The topological polar surface area (TPSA) is 122 Å². The van der Waals surface area contributed by atoms with Crippen molar-refractivity contribution < 1.29 is 9.72 Å². The molecule has 0 aliphatic rings. The van der Waals surface area contributed by atoms with Gasteiger partial charge in [0.1, 0.15) is 5.69 Å². The molecule has 0 radical (unpaired) electrons. The molecule has 1 atom stereocenters. The fourth-order valence-electron chi connectivity index (χ4n) is 1.75. The van der Waals surface area contributed by atoms with Gasteiger partial charge in [0.2, 0.25) is 5.91 Å². The van der Waals surface area contributed by atoms with Crippen molar-refractivity contribution in [2.24, 2.45) is 0 Å². The lowest BCUT2D eigenvalue weighted by atomic mass is 10.1. The summed E-state index contributed by atoms with van der Waals surface area (Å²) < 4.78 is 0. The Labute approximate surface area is 116 Å². The van der Waals surface area contributed by atoms with Gasteiger partial charge in [-0.3, -0.25) is 14.9 Å². The molecule has 20 heavy (non-hydrogen) atoms. The first-order valence-corrected chi connectivity index (χ1v) is 6.17. The van der Waals surface area contributed by atoms with E-state index in [4.69, 9.17) is 11.0 Å². The molecule has 0 heterocycles. The van der Waals surface area contributed by atoms with Crippen LogP contribution in [0.15, 0.2) is 18.2 Å². The average molecular weight is 276 g/mol. The number of nitrogens with one attached hydrogen (secondary N) is 1. The summed E-state index contributed by atoms with van der Waals surface area (Å²) in [4.78, 5) is 21.8. The number of carbonyl (C=O) groups is 1. The van der Waals surface area contributed by atoms with Crippen molar-refractivity contribution in [2.75, 3.05) is 5.73 Å². The Morgan fingerprint density at radius 3 is 2.80 bits per heavy atom. The molecule has 106 valence electrons. The Kier molecular flexibility index (Phi) is 5.47. The van der Waals surface area contributed by atoms with Gasteiger partial charge in [-0.25, -0.2) is 0 Å². The molecule has 3 N–H and O–H groups in total. The van der Waals surface area contributed by atoms with Crippen molar-refractivity contribution in [3.05, 3.63) is 33.9 Å². The lowest BCUT2D eigenvalue weighted by Crippen LogP contribution is -2.35. The molecule has 0 aromatic heterocycles. The molecule has 0 spiro atoms. The second kappa shape index (κ2) is 7.09. The van der Waals surface area contributed by atoms with Gasteiger partial charge in [0.05, 0.1) is 23.8 Å². The smallest absolute Gasteiger partial charge is 0.292 e. The number of nitriles is 1. The van der Waals surface area contributed by atoms with Gasteiger partial charge in [0.25, 0.3) is 5.69 Å². The molecule has 0 saturated heterocycles. The molecule has 0 aliphatic carbocycles. The second-order valence-electron chi connectivity index (χ2n) is 4.36. The van der Waals surface area contributed by atoms with Crippen LogP contribution in [-0.4, -0.2) is 16.9 Å². The molecular weight excluding hydrogens is 260 g/mol. The van der Waals surface area contributed by atoms with Gasteiger partial charge >= 0.3 is 0 Å². The van der Waals surface area contributed by atoms with E-state index < -0.39 is 4.92 Å². The van der Waals surface area contributed by atoms with E-state index in [0.717, 1.165) is 0 Å². The van der Waals surface area contributed by atoms with E-state index in [2.05, 4.69) is 5.32 Å². The predicted molar refractivity (Wildman–Crippen MR) is 73.7 cm³/mol. The molecule has 1 rings (SSSR count). The van der Waals surface area contributed by atoms with Crippen LogP contribution in [0.5, 0.6) is 0 Å². The molecule has 0 saturated carbocycles. The summed E-state index contributed by atoms with van der Waals surface area (Å²) in [6.45, 7) is 1.88. The molecule has 1 unspecified atom stereocenters. The number of carbonyl (C=O) groups excluding carboxylic acids is 1. The van der Waals surface area contributed by atoms with Crippen LogP contribution < -0.4 is 11.1 Å². The summed E-state index contributed by atoms with van der Waals surface area (Å²) in [7, 11) is 0. The fraction of sp³-hybridized carbons (Fsp3) is 0.385. The van der Waals surface area contributed by atoms with Crippen molar-refractivity contribution >= 4 is 17.3 Å². The minimum absolute atomic E-state index is 0.0318. The maximum atomic E-state index is 11.8. The van der Waals surface area contributed by atoms with E-state index >= 15 is 0 Å². The summed E-state index contributed by atoms with van der Waals surface area (Å²) in [6.07, 6.45) is 0.996. The van der Waals surface area contributed by atoms with Gasteiger partial charge in [0, 0.05) is 12.1 Å². The van der Waals surface area contributed by atoms with E-state index in [1.807, 2.05) is 13.0 Å². The van der Waals surface area contributed by atoms with Crippen molar-refractivity contribution in [1.29, 1.82) is 5.26 Å². The third-order valence-corrected chi connectivity index (χ3v) is 2.85. The van der Waals surface area contributed by atoms with Gasteiger partial charge < -0.3 is 11.1 Å². The molecular formula is C13H16N4O3. The van der Waals surface area contributed by atoms with Crippen LogP contribution in [0.2, 0.25) is 0 Å². The van der Waals surface area contributed by atoms with Crippen LogP contribution >= 0.6 is 0 Å². The zero-order chi connectivity index (χ0) is 15.1. The first kappa shape index (κ1) is 15.4. The highest BCUT2D eigenvalue weighted by atomic mass is 16.6. The lowest BCUT2D eigenvalue weighted by Gasteiger charge is -2.13. The number of hydrogen-bond donors (Lipinski definition) is 2. The zero-order valence-electron chi connectivity index (χ0n) is 11.1. The number of nitro groups is 1. The largest absolute Gasteiger partial charge is 0.393 e. The van der Waals surface area contributed by atoms with Crippen molar-refractivity contribution in [3.8, 4) is 6.07 Å². The molecule has 7 nitrogen and oxygen atoms in total. The standard InChI is InChI=1S/C13H16N4O3/c1-2-10(5-6-14)16-13(18)8-9-3-4-12(17(19)20)11(15)7-9/h3-4,7,10H,2,5,8,15H2,1H3,(H,16,18). The number of nitrogens with two attached hydrogens (primary N) is 1. The highest BCUT2D eigenvalue weighted by molar-refractivity contribution is 5.79. The molecule has 1 amide bonds. The second-order valence-corrected chi connectivity index (χ2v) is 4.36. The highest BCUT2D eigenvalue weighted by Crippen LogP contribution is 2.22. The maximum Gasteiger partial charge on any atom is 0.292 e. The zero-order valence-corrected chi connectivity index (χ0v) is 11.1. The third kappa shape index (κ3) is 4.24. The van der Waals surface area contributed by atoms with Crippen LogP contribution in [0, 0.1) is 21.4 Å². The minimum atomic E-state index is -0.570. The number of hydrogen-bond acceptors (Lipinski definition) is 5. The van der Waals surface area contributed by atoms with Gasteiger partial charge in [-0.05, 0) is 18.1 Å². The Hall–Kier alpha value is -2.62. The monoisotopic (exact) mass is 276 g/mol. The minimum Gasteiger partial charge on any atom is -0.393 e. The Bertz CT molecular complexity index is 551. The van der Waals surface area contributed by atoms with Crippen LogP contribution in [0.3, 0.4) is 0 Å². The first-order chi connectivity index (χ1) is 9.47.